The number of hydrogen-bond donors (Lipinski definition) is 1. The summed E-state index contributed by atoms with van der Waals surface area (Å²) in [5, 5.41) is 14.3. The van der Waals surface area contributed by atoms with Crippen LogP contribution in [0, 0.1) is 10.1 Å². The van der Waals surface area contributed by atoms with E-state index < -0.39 is 4.92 Å². The number of hydrogen-bond acceptors (Lipinski definition) is 5. The third kappa shape index (κ3) is 4.20. The molecule has 0 aromatic heterocycles. The Bertz CT molecular complexity index is 553. The summed E-state index contributed by atoms with van der Waals surface area (Å²) in [4.78, 5) is 24.6. The Kier molecular flexibility index (Phi) is 5.79. The van der Waals surface area contributed by atoms with Crippen molar-refractivity contribution in [2.24, 2.45) is 0 Å². The fraction of sp³-hybridized carbons (Fsp3) is 0.533. The Morgan fingerprint density at radius 3 is 2.82 bits per heavy atom. The lowest BCUT2D eigenvalue weighted by molar-refractivity contribution is -0.383. The van der Waals surface area contributed by atoms with E-state index in [9.17, 15) is 14.9 Å². The van der Waals surface area contributed by atoms with E-state index in [1.54, 1.807) is 18.2 Å². The van der Waals surface area contributed by atoms with Gasteiger partial charge in [0, 0.05) is 17.4 Å². The number of carbonyl (C=O) groups excluding carboxylic acids is 1. The minimum Gasteiger partial charge on any atom is -0.319 e. The van der Waals surface area contributed by atoms with Crippen LogP contribution in [0.3, 0.4) is 0 Å². The Morgan fingerprint density at radius 2 is 2.18 bits per heavy atom. The van der Waals surface area contributed by atoms with Crippen molar-refractivity contribution in [2.45, 2.75) is 30.6 Å². The molecule has 0 saturated heterocycles. The predicted molar refractivity (Wildman–Crippen MR) is 89.3 cm³/mol. The Morgan fingerprint density at radius 1 is 1.45 bits per heavy atom. The third-order valence-electron chi connectivity index (χ3n) is 4.08. The van der Waals surface area contributed by atoms with Gasteiger partial charge < -0.3 is 5.32 Å². The minimum absolute atomic E-state index is 0.0817. The number of carbonyl (C=O) groups is 1. The number of anilines is 1. The number of rotatable bonds is 6. The van der Waals surface area contributed by atoms with Gasteiger partial charge in [0.25, 0.3) is 5.69 Å². The maximum Gasteiger partial charge on any atom is 0.292 e. The Hall–Kier alpha value is -1.60. The Balaban J connectivity index is 1.92. The van der Waals surface area contributed by atoms with Crippen LogP contribution in [-0.4, -0.2) is 46.9 Å². The second-order valence-corrected chi connectivity index (χ2v) is 6.70. The maximum absolute atomic E-state index is 12.1. The Labute approximate surface area is 134 Å². The lowest BCUT2D eigenvalue weighted by Gasteiger charge is -2.23. The molecule has 2 atom stereocenters. The van der Waals surface area contributed by atoms with Gasteiger partial charge in [-0.25, -0.2) is 0 Å². The van der Waals surface area contributed by atoms with Crippen molar-refractivity contribution < 1.29 is 9.72 Å². The molecule has 22 heavy (non-hydrogen) atoms. The highest BCUT2D eigenvalue weighted by Crippen LogP contribution is 2.31. The fourth-order valence-corrected chi connectivity index (χ4v) is 3.60. The average Bonchev–Trinajstić information content (AvgIpc) is 2.96. The fourth-order valence-electron chi connectivity index (χ4n) is 2.82. The lowest BCUT2D eigenvalue weighted by atomic mass is 10.2. The van der Waals surface area contributed by atoms with E-state index in [-0.39, 0.29) is 23.8 Å². The number of para-hydroxylation sites is 2. The number of likely N-dealkylation sites (N-methyl/N-ethyl adjacent to an activating group) is 1. The van der Waals surface area contributed by atoms with Crippen LogP contribution in [0.25, 0.3) is 0 Å². The van der Waals surface area contributed by atoms with Gasteiger partial charge in [-0.15, -0.1) is 0 Å². The van der Waals surface area contributed by atoms with Gasteiger partial charge in [0.2, 0.25) is 5.91 Å². The molecule has 0 aliphatic heterocycles. The molecular formula is C15H21N3O3S. The second-order valence-electron chi connectivity index (χ2n) is 5.56. The minimum atomic E-state index is -0.487. The van der Waals surface area contributed by atoms with E-state index >= 15 is 0 Å². The molecule has 6 nitrogen and oxygen atoms in total. The summed E-state index contributed by atoms with van der Waals surface area (Å²) < 4.78 is 0. The number of thioether (sulfide) groups is 1. The molecule has 1 fully saturated rings. The topological polar surface area (TPSA) is 75.5 Å². The van der Waals surface area contributed by atoms with Crippen molar-refractivity contribution in [1.29, 1.82) is 0 Å². The van der Waals surface area contributed by atoms with E-state index in [1.807, 2.05) is 23.7 Å². The molecule has 120 valence electrons. The summed E-state index contributed by atoms with van der Waals surface area (Å²) in [6.07, 6.45) is 5.49. The largest absolute Gasteiger partial charge is 0.319 e. The van der Waals surface area contributed by atoms with Gasteiger partial charge in [0.15, 0.2) is 0 Å². The summed E-state index contributed by atoms with van der Waals surface area (Å²) in [5.74, 6) is -0.218. The number of nitrogens with zero attached hydrogens (tertiary/aromatic N) is 2. The van der Waals surface area contributed by atoms with Crippen molar-refractivity contribution >= 4 is 29.0 Å². The second kappa shape index (κ2) is 7.60. The van der Waals surface area contributed by atoms with Crippen LogP contribution in [0.4, 0.5) is 11.4 Å². The quantitative estimate of drug-likeness (QED) is 0.643. The summed E-state index contributed by atoms with van der Waals surface area (Å²) >= 11 is 1.88. The molecule has 1 N–H and O–H groups in total. The highest BCUT2D eigenvalue weighted by atomic mass is 32.2. The third-order valence-corrected chi connectivity index (χ3v) is 5.18. The molecular weight excluding hydrogens is 302 g/mol. The zero-order valence-corrected chi connectivity index (χ0v) is 13.6. The first kappa shape index (κ1) is 16.8. The summed E-state index contributed by atoms with van der Waals surface area (Å²) in [7, 11) is 1.94. The predicted octanol–water partition coefficient (Wildman–Crippen LogP) is 2.75. The lowest BCUT2D eigenvalue weighted by Crippen LogP contribution is -2.36. The van der Waals surface area contributed by atoms with E-state index in [4.69, 9.17) is 0 Å². The standard InChI is InChI=1S/C15H21N3O3S/c1-17(11-7-8-12(9-11)22-2)10-15(19)16-13-5-3-4-6-14(13)18(20)21/h3-6,11-12H,7-10H2,1-2H3,(H,16,19)/t11-,12-/m0/s1. The molecule has 0 radical (unpaired) electrons. The van der Waals surface area contributed by atoms with Crippen LogP contribution in [0.2, 0.25) is 0 Å². The van der Waals surface area contributed by atoms with Crippen LogP contribution >= 0.6 is 11.8 Å². The van der Waals surface area contributed by atoms with Gasteiger partial charge in [0.05, 0.1) is 11.5 Å². The molecule has 1 aromatic carbocycles. The molecule has 1 aliphatic rings. The number of nitrogens with one attached hydrogen (secondary N) is 1. The molecule has 0 spiro atoms. The normalized spacial score (nSPS) is 21.0. The van der Waals surface area contributed by atoms with Gasteiger partial charge in [-0.05, 0) is 38.6 Å². The molecule has 0 unspecified atom stereocenters. The van der Waals surface area contributed by atoms with Gasteiger partial charge in [-0.1, -0.05) is 12.1 Å². The molecule has 1 amide bonds. The van der Waals surface area contributed by atoms with Crippen LogP contribution in [-0.2, 0) is 4.79 Å². The van der Waals surface area contributed by atoms with Crippen LogP contribution in [0.5, 0.6) is 0 Å². The SMILES string of the molecule is CS[C@H]1CC[C@H](N(C)CC(=O)Nc2ccccc2[N+](=O)[O-])C1. The zero-order chi connectivity index (χ0) is 16.1. The molecule has 1 aliphatic carbocycles. The van der Waals surface area contributed by atoms with Gasteiger partial charge >= 0.3 is 0 Å². The van der Waals surface area contributed by atoms with Crippen molar-refractivity contribution in [2.75, 3.05) is 25.2 Å². The van der Waals surface area contributed by atoms with E-state index in [1.165, 1.54) is 12.5 Å². The first-order valence-corrected chi connectivity index (χ1v) is 8.56. The van der Waals surface area contributed by atoms with Gasteiger partial charge in [-0.2, -0.15) is 11.8 Å². The van der Waals surface area contributed by atoms with E-state index in [2.05, 4.69) is 11.6 Å². The molecule has 0 heterocycles. The van der Waals surface area contributed by atoms with Crippen molar-refractivity contribution in [3.05, 3.63) is 34.4 Å². The van der Waals surface area contributed by atoms with Crippen LogP contribution in [0.15, 0.2) is 24.3 Å². The molecule has 1 aromatic rings. The monoisotopic (exact) mass is 323 g/mol. The van der Waals surface area contributed by atoms with E-state index in [0.717, 1.165) is 12.8 Å². The first-order valence-electron chi connectivity index (χ1n) is 7.27. The summed E-state index contributed by atoms with van der Waals surface area (Å²) in [6, 6.07) is 6.61. The van der Waals surface area contributed by atoms with Crippen molar-refractivity contribution in [3.8, 4) is 0 Å². The van der Waals surface area contributed by atoms with Crippen LogP contribution < -0.4 is 5.32 Å². The van der Waals surface area contributed by atoms with Gasteiger partial charge in [0.1, 0.15) is 5.69 Å². The highest BCUT2D eigenvalue weighted by Gasteiger charge is 2.28. The van der Waals surface area contributed by atoms with Gasteiger partial charge in [-0.3, -0.25) is 19.8 Å². The van der Waals surface area contributed by atoms with Crippen molar-refractivity contribution in [1.82, 2.24) is 4.90 Å². The molecule has 0 bridgehead atoms. The molecule has 2 rings (SSSR count). The zero-order valence-electron chi connectivity index (χ0n) is 12.8. The summed E-state index contributed by atoms with van der Waals surface area (Å²) in [6.45, 7) is 0.248. The molecule has 1 saturated carbocycles. The number of amides is 1. The number of nitro groups is 1. The van der Waals surface area contributed by atoms with Crippen molar-refractivity contribution in [3.63, 3.8) is 0 Å². The highest BCUT2D eigenvalue weighted by molar-refractivity contribution is 7.99. The van der Waals surface area contributed by atoms with Crippen LogP contribution in [0.1, 0.15) is 19.3 Å². The van der Waals surface area contributed by atoms with E-state index in [0.29, 0.717) is 11.3 Å². The maximum atomic E-state index is 12.1. The average molecular weight is 323 g/mol. The summed E-state index contributed by atoms with van der Waals surface area (Å²) in [5.41, 5.74) is 0.168. The number of benzene rings is 1. The number of nitro benzene ring substituents is 1. The molecule has 7 heteroatoms. The first-order chi connectivity index (χ1) is 10.5. The smallest absolute Gasteiger partial charge is 0.292 e.